The number of benzene rings is 1. The van der Waals surface area contributed by atoms with Crippen LogP contribution in [0, 0.1) is 5.92 Å². The number of hydrogen-bond acceptors (Lipinski definition) is 2. The summed E-state index contributed by atoms with van der Waals surface area (Å²) in [4.78, 5) is 16.6. The Hall–Kier alpha value is -2.82. The summed E-state index contributed by atoms with van der Waals surface area (Å²) in [6.07, 6.45) is 7.52. The van der Waals surface area contributed by atoms with E-state index in [1.54, 1.807) is 6.20 Å². The van der Waals surface area contributed by atoms with Crippen LogP contribution in [0.2, 0.25) is 0 Å². The zero-order chi connectivity index (χ0) is 16.2. The van der Waals surface area contributed by atoms with Gasteiger partial charge in [0, 0.05) is 42.6 Å². The van der Waals surface area contributed by atoms with Gasteiger partial charge < -0.3 is 9.13 Å². The molecule has 0 fully saturated rings. The van der Waals surface area contributed by atoms with Crippen molar-refractivity contribution in [1.29, 1.82) is 0 Å². The first kappa shape index (κ1) is 15.1. The molecule has 2 aromatic heterocycles. The number of imidazole rings is 1. The summed E-state index contributed by atoms with van der Waals surface area (Å²) in [7, 11) is 0. The van der Waals surface area contributed by atoms with E-state index < -0.39 is 0 Å². The molecule has 0 radical (unpaired) electrons. The third kappa shape index (κ3) is 3.51. The average molecular weight is 308 g/mol. The summed E-state index contributed by atoms with van der Waals surface area (Å²) < 4.78 is 3.95. The van der Waals surface area contributed by atoms with Crippen LogP contribution >= 0.6 is 0 Å². The fourth-order valence-electron chi connectivity index (χ4n) is 2.44. The molecule has 0 bridgehead atoms. The van der Waals surface area contributed by atoms with Gasteiger partial charge in [0.05, 0.1) is 0 Å². The van der Waals surface area contributed by atoms with Gasteiger partial charge in [-0.1, -0.05) is 13.8 Å². The molecular weight excluding hydrogens is 288 g/mol. The molecule has 1 amide bonds. The van der Waals surface area contributed by atoms with Gasteiger partial charge in [-0.05, 0) is 42.3 Å². The topological polar surface area (TPSA) is 51.9 Å². The Morgan fingerprint density at radius 1 is 1.13 bits per heavy atom. The maximum atomic E-state index is 12.4. The molecule has 0 aliphatic rings. The van der Waals surface area contributed by atoms with E-state index in [0.29, 0.717) is 17.4 Å². The molecule has 2 heterocycles. The van der Waals surface area contributed by atoms with E-state index in [1.165, 1.54) is 0 Å². The minimum Gasteiger partial charge on any atom is -0.324 e. The van der Waals surface area contributed by atoms with Gasteiger partial charge in [0.2, 0.25) is 5.95 Å². The monoisotopic (exact) mass is 308 g/mol. The van der Waals surface area contributed by atoms with Gasteiger partial charge in [-0.3, -0.25) is 10.1 Å². The summed E-state index contributed by atoms with van der Waals surface area (Å²) in [5.41, 5.74) is 1.63. The van der Waals surface area contributed by atoms with Crippen LogP contribution in [0.1, 0.15) is 24.2 Å². The van der Waals surface area contributed by atoms with Crippen LogP contribution in [0.15, 0.2) is 61.2 Å². The predicted octanol–water partition coefficient (Wildman–Crippen LogP) is 3.58. The van der Waals surface area contributed by atoms with Crippen LogP contribution in [-0.2, 0) is 6.54 Å². The van der Waals surface area contributed by atoms with E-state index in [2.05, 4.69) is 24.1 Å². The first-order valence-electron chi connectivity index (χ1n) is 7.69. The zero-order valence-electron chi connectivity index (χ0n) is 13.3. The van der Waals surface area contributed by atoms with Crippen molar-refractivity contribution in [3.05, 3.63) is 66.7 Å². The number of anilines is 1. The van der Waals surface area contributed by atoms with Crippen molar-refractivity contribution in [2.45, 2.75) is 20.4 Å². The molecule has 0 aliphatic carbocycles. The van der Waals surface area contributed by atoms with Crippen molar-refractivity contribution in [3.8, 4) is 5.69 Å². The lowest BCUT2D eigenvalue weighted by Crippen LogP contribution is -2.17. The van der Waals surface area contributed by atoms with Crippen molar-refractivity contribution in [2.24, 2.45) is 5.92 Å². The molecule has 23 heavy (non-hydrogen) atoms. The van der Waals surface area contributed by atoms with Crippen molar-refractivity contribution >= 4 is 11.9 Å². The van der Waals surface area contributed by atoms with Gasteiger partial charge in [0.1, 0.15) is 0 Å². The van der Waals surface area contributed by atoms with Crippen LogP contribution < -0.4 is 5.32 Å². The number of carbonyl (C=O) groups is 1. The largest absolute Gasteiger partial charge is 0.324 e. The summed E-state index contributed by atoms with van der Waals surface area (Å²) in [5.74, 6) is 0.916. The number of nitrogens with zero attached hydrogens (tertiary/aromatic N) is 3. The Kier molecular flexibility index (Phi) is 4.28. The Labute approximate surface area is 135 Å². The second kappa shape index (κ2) is 6.52. The molecule has 0 saturated heterocycles. The van der Waals surface area contributed by atoms with E-state index in [-0.39, 0.29) is 5.91 Å². The van der Waals surface area contributed by atoms with Crippen LogP contribution in [0.25, 0.3) is 5.69 Å². The lowest BCUT2D eigenvalue weighted by Gasteiger charge is -2.11. The van der Waals surface area contributed by atoms with Gasteiger partial charge >= 0.3 is 0 Å². The van der Waals surface area contributed by atoms with Gasteiger partial charge in [-0.2, -0.15) is 0 Å². The number of amides is 1. The molecular formula is C18H20N4O. The zero-order valence-corrected chi connectivity index (χ0v) is 13.3. The number of carbonyl (C=O) groups excluding carboxylic acids is 1. The van der Waals surface area contributed by atoms with Gasteiger partial charge in [0.25, 0.3) is 5.91 Å². The van der Waals surface area contributed by atoms with Crippen LogP contribution in [-0.4, -0.2) is 20.0 Å². The fraction of sp³-hybridized carbons (Fsp3) is 0.222. The van der Waals surface area contributed by atoms with E-state index in [9.17, 15) is 4.79 Å². The van der Waals surface area contributed by atoms with Gasteiger partial charge in [0.15, 0.2) is 0 Å². The van der Waals surface area contributed by atoms with E-state index in [0.717, 1.165) is 12.2 Å². The number of aromatic nitrogens is 3. The molecule has 1 aromatic carbocycles. The van der Waals surface area contributed by atoms with Crippen LogP contribution in [0.4, 0.5) is 5.95 Å². The first-order chi connectivity index (χ1) is 11.1. The minimum atomic E-state index is -0.153. The van der Waals surface area contributed by atoms with Crippen molar-refractivity contribution in [1.82, 2.24) is 14.1 Å². The highest BCUT2D eigenvalue weighted by atomic mass is 16.1. The standard InChI is InChI=1S/C18H20N4O/c1-14(2)13-22-12-9-19-18(22)20-17(23)15-5-7-16(8-6-15)21-10-3-4-11-21/h3-12,14H,13H2,1-2H3,(H,19,20,23). The second-order valence-electron chi connectivity index (χ2n) is 5.89. The molecule has 0 atom stereocenters. The van der Waals surface area contributed by atoms with E-state index in [4.69, 9.17) is 0 Å². The minimum absolute atomic E-state index is 0.153. The summed E-state index contributed by atoms with van der Waals surface area (Å²) in [6.45, 7) is 5.08. The Balaban J connectivity index is 1.72. The number of rotatable bonds is 5. The normalized spacial score (nSPS) is 10.9. The smallest absolute Gasteiger partial charge is 0.257 e. The maximum Gasteiger partial charge on any atom is 0.257 e. The average Bonchev–Trinajstić information content (AvgIpc) is 3.19. The molecule has 1 N–H and O–H groups in total. The third-order valence-electron chi connectivity index (χ3n) is 3.53. The Bertz CT molecular complexity index is 770. The summed E-state index contributed by atoms with van der Waals surface area (Å²) in [6, 6.07) is 11.4. The fourth-order valence-corrected chi connectivity index (χ4v) is 2.44. The van der Waals surface area contributed by atoms with E-state index >= 15 is 0 Å². The van der Waals surface area contributed by atoms with Crippen molar-refractivity contribution in [2.75, 3.05) is 5.32 Å². The molecule has 5 heteroatoms. The van der Waals surface area contributed by atoms with Gasteiger partial charge in [-0.25, -0.2) is 4.98 Å². The summed E-state index contributed by atoms with van der Waals surface area (Å²) in [5, 5.41) is 2.87. The molecule has 5 nitrogen and oxygen atoms in total. The molecule has 0 unspecified atom stereocenters. The Morgan fingerprint density at radius 2 is 1.83 bits per heavy atom. The molecule has 0 spiro atoms. The van der Waals surface area contributed by atoms with E-state index in [1.807, 2.05) is 64.1 Å². The second-order valence-corrected chi connectivity index (χ2v) is 5.89. The third-order valence-corrected chi connectivity index (χ3v) is 3.53. The first-order valence-corrected chi connectivity index (χ1v) is 7.69. The summed E-state index contributed by atoms with van der Waals surface area (Å²) >= 11 is 0. The highest BCUT2D eigenvalue weighted by molar-refractivity contribution is 6.03. The molecule has 3 aromatic rings. The van der Waals surface area contributed by atoms with Gasteiger partial charge in [-0.15, -0.1) is 0 Å². The molecule has 0 saturated carbocycles. The SMILES string of the molecule is CC(C)Cn1ccnc1NC(=O)c1ccc(-n2cccc2)cc1. The predicted molar refractivity (Wildman–Crippen MR) is 90.8 cm³/mol. The van der Waals surface area contributed by atoms with Crippen LogP contribution in [0.5, 0.6) is 0 Å². The van der Waals surface area contributed by atoms with Crippen molar-refractivity contribution in [3.63, 3.8) is 0 Å². The highest BCUT2D eigenvalue weighted by Gasteiger charge is 2.11. The number of nitrogens with one attached hydrogen (secondary N) is 1. The lowest BCUT2D eigenvalue weighted by atomic mass is 10.2. The highest BCUT2D eigenvalue weighted by Crippen LogP contribution is 2.13. The van der Waals surface area contributed by atoms with Crippen molar-refractivity contribution < 1.29 is 4.79 Å². The van der Waals surface area contributed by atoms with Crippen LogP contribution in [0.3, 0.4) is 0 Å². The lowest BCUT2D eigenvalue weighted by molar-refractivity contribution is 0.102. The Morgan fingerprint density at radius 3 is 2.48 bits per heavy atom. The number of hydrogen-bond donors (Lipinski definition) is 1. The molecule has 3 rings (SSSR count). The molecule has 118 valence electrons. The maximum absolute atomic E-state index is 12.4. The quantitative estimate of drug-likeness (QED) is 0.783. The molecule has 0 aliphatic heterocycles.